The molecular weight excluding hydrogens is 428 g/mol. The molecule has 0 bridgehead atoms. The van der Waals surface area contributed by atoms with Gasteiger partial charge in [-0.25, -0.2) is 0 Å². The van der Waals surface area contributed by atoms with Gasteiger partial charge in [-0.1, -0.05) is 59.7 Å². The van der Waals surface area contributed by atoms with Crippen molar-refractivity contribution >= 4 is 33.1 Å². The highest BCUT2D eigenvalue weighted by molar-refractivity contribution is 9.12. The zero-order chi connectivity index (χ0) is 21.9. The van der Waals surface area contributed by atoms with Gasteiger partial charge >= 0.3 is 0 Å². The van der Waals surface area contributed by atoms with Gasteiger partial charge < -0.3 is 5.11 Å². The molecule has 0 radical (unpaired) electrons. The first-order valence-corrected chi connectivity index (χ1v) is 10.5. The molecule has 2 aromatic carbocycles. The lowest BCUT2D eigenvalue weighted by atomic mass is 9.76. The lowest BCUT2D eigenvalue weighted by Gasteiger charge is -2.29. The Bertz CT molecular complexity index is 1040. The summed E-state index contributed by atoms with van der Waals surface area (Å²) in [6.07, 6.45) is 0. The summed E-state index contributed by atoms with van der Waals surface area (Å²) in [4.78, 5) is 26.5. The van der Waals surface area contributed by atoms with E-state index in [-0.39, 0.29) is 32.6 Å². The molecule has 1 aliphatic carbocycles. The van der Waals surface area contributed by atoms with Crippen molar-refractivity contribution in [1.29, 1.82) is 0 Å². The number of halogens is 1. The van der Waals surface area contributed by atoms with Crippen LogP contribution in [-0.4, -0.2) is 16.7 Å². The van der Waals surface area contributed by atoms with Crippen LogP contribution in [0, 0.1) is 6.92 Å². The van der Waals surface area contributed by atoms with Crippen molar-refractivity contribution in [3.8, 4) is 5.75 Å². The number of phenolic OH excluding ortho intramolecular Hbond substituents is 1. The number of fused-ring (bicyclic) bond motifs is 1. The zero-order valence-electron chi connectivity index (χ0n) is 18.0. The van der Waals surface area contributed by atoms with Crippen LogP contribution < -0.4 is 0 Å². The lowest BCUT2D eigenvalue weighted by Crippen LogP contribution is -2.22. The van der Waals surface area contributed by atoms with Crippen LogP contribution in [0.25, 0.3) is 5.57 Å². The molecule has 0 aliphatic heterocycles. The first-order valence-electron chi connectivity index (χ1n) is 9.72. The molecule has 0 unspecified atom stereocenters. The minimum absolute atomic E-state index is 0.180. The summed E-state index contributed by atoms with van der Waals surface area (Å²) in [5.41, 5.74) is 3.51. The van der Waals surface area contributed by atoms with Gasteiger partial charge in [-0.3, -0.25) is 9.59 Å². The van der Waals surface area contributed by atoms with Gasteiger partial charge in [-0.05, 0) is 56.9 Å². The van der Waals surface area contributed by atoms with E-state index in [0.717, 1.165) is 16.7 Å². The molecule has 2 aromatic rings. The molecular formula is C25H27BrO3. The predicted molar refractivity (Wildman–Crippen MR) is 121 cm³/mol. The van der Waals surface area contributed by atoms with Gasteiger partial charge in [0.15, 0.2) is 5.78 Å². The maximum Gasteiger partial charge on any atom is 0.201 e. The minimum atomic E-state index is -0.330. The van der Waals surface area contributed by atoms with E-state index in [9.17, 15) is 14.7 Å². The molecule has 0 atom stereocenters. The standard InChI is InChI=1S/C25H27BrO3/c1-13-9-8-10-15-18(13)23(29)20(26)19(21(15)27)14-11-16(24(2,3)4)22(28)17(12-14)25(5,6)7/h8-12,28H,1-7H3. The summed E-state index contributed by atoms with van der Waals surface area (Å²) in [6, 6.07) is 9.03. The van der Waals surface area contributed by atoms with Crippen LogP contribution in [0.15, 0.2) is 34.8 Å². The lowest BCUT2D eigenvalue weighted by molar-refractivity contribution is 0.0998. The molecule has 0 saturated heterocycles. The molecule has 0 fully saturated rings. The molecule has 0 saturated carbocycles. The first kappa shape index (κ1) is 21.5. The molecule has 0 heterocycles. The number of Topliss-reactive ketones (excluding diaryl/α,β-unsaturated/α-hetero) is 2. The highest BCUT2D eigenvalue weighted by atomic mass is 79.9. The maximum atomic E-state index is 13.4. The number of rotatable bonds is 1. The van der Waals surface area contributed by atoms with Crippen LogP contribution in [0.3, 0.4) is 0 Å². The average Bonchev–Trinajstić information content (AvgIpc) is 2.59. The molecule has 29 heavy (non-hydrogen) atoms. The van der Waals surface area contributed by atoms with Crippen LogP contribution in [0.2, 0.25) is 0 Å². The second-order valence-electron chi connectivity index (χ2n) is 9.76. The zero-order valence-corrected chi connectivity index (χ0v) is 19.6. The third-order valence-electron chi connectivity index (χ3n) is 5.41. The molecule has 3 rings (SSSR count). The van der Waals surface area contributed by atoms with Crippen LogP contribution in [0.1, 0.15) is 84.5 Å². The second-order valence-corrected chi connectivity index (χ2v) is 10.6. The third-order valence-corrected chi connectivity index (χ3v) is 6.16. The Balaban J connectivity index is 2.35. The molecule has 1 N–H and O–H groups in total. The van der Waals surface area contributed by atoms with Crippen molar-refractivity contribution in [2.24, 2.45) is 0 Å². The fourth-order valence-corrected chi connectivity index (χ4v) is 4.40. The van der Waals surface area contributed by atoms with Crippen LogP contribution in [0.5, 0.6) is 5.75 Å². The second kappa shape index (κ2) is 6.94. The van der Waals surface area contributed by atoms with E-state index in [1.54, 1.807) is 12.1 Å². The van der Waals surface area contributed by atoms with Crippen molar-refractivity contribution in [2.75, 3.05) is 0 Å². The van der Waals surface area contributed by atoms with E-state index < -0.39 is 0 Å². The van der Waals surface area contributed by atoms with Gasteiger partial charge in [0.1, 0.15) is 5.75 Å². The molecule has 0 spiro atoms. The Morgan fingerprint density at radius 3 is 1.86 bits per heavy atom. The minimum Gasteiger partial charge on any atom is -0.507 e. The number of hydrogen-bond donors (Lipinski definition) is 1. The predicted octanol–water partition coefficient (Wildman–Crippen LogP) is 6.48. The highest BCUT2D eigenvalue weighted by Gasteiger charge is 2.35. The maximum absolute atomic E-state index is 13.4. The van der Waals surface area contributed by atoms with Crippen molar-refractivity contribution in [1.82, 2.24) is 0 Å². The molecule has 0 aromatic heterocycles. The molecule has 152 valence electrons. The number of benzene rings is 2. The van der Waals surface area contributed by atoms with E-state index in [0.29, 0.717) is 22.3 Å². The molecule has 1 aliphatic rings. The Morgan fingerprint density at radius 1 is 0.862 bits per heavy atom. The fraction of sp³-hybridized carbons (Fsp3) is 0.360. The number of allylic oxidation sites excluding steroid dienone is 2. The summed E-state index contributed by atoms with van der Waals surface area (Å²) in [5.74, 6) is -0.118. The topological polar surface area (TPSA) is 54.4 Å². The van der Waals surface area contributed by atoms with E-state index in [4.69, 9.17) is 0 Å². The normalized spacial score (nSPS) is 15.0. The van der Waals surface area contributed by atoms with Crippen molar-refractivity contribution in [2.45, 2.75) is 59.3 Å². The van der Waals surface area contributed by atoms with Gasteiger partial charge in [-0.2, -0.15) is 0 Å². The smallest absolute Gasteiger partial charge is 0.201 e. The molecule has 0 amide bonds. The van der Waals surface area contributed by atoms with Crippen LogP contribution in [-0.2, 0) is 10.8 Å². The Morgan fingerprint density at radius 2 is 1.38 bits per heavy atom. The van der Waals surface area contributed by atoms with Gasteiger partial charge in [0.05, 0.1) is 4.48 Å². The van der Waals surface area contributed by atoms with Gasteiger partial charge in [0.2, 0.25) is 5.78 Å². The van der Waals surface area contributed by atoms with E-state index in [1.165, 1.54) is 0 Å². The SMILES string of the molecule is Cc1cccc2c1C(=O)C(Br)=C(c1cc(C(C)(C)C)c(O)c(C(C)(C)C)c1)C2=O. The number of carbonyl (C=O) groups is 2. The molecule has 4 heteroatoms. The Kier molecular flexibility index (Phi) is 5.15. The summed E-state index contributed by atoms with van der Waals surface area (Å²) in [6.45, 7) is 14.0. The molecule has 3 nitrogen and oxygen atoms in total. The number of aryl methyl sites for hydroxylation is 1. The Hall–Kier alpha value is -2.20. The first-order chi connectivity index (χ1) is 13.2. The number of ketones is 2. The van der Waals surface area contributed by atoms with E-state index >= 15 is 0 Å². The largest absolute Gasteiger partial charge is 0.507 e. The average molecular weight is 455 g/mol. The van der Waals surface area contributed by atoms with Crippen LogP contribution >= 0.6 is 15.9 Å². The van der Waals surface area contributed by atoms with Crippen molar-refractivity contribution in [3.63, 3.8) is 0 Å². The van der Waals surface area contributed by atoms with Crippen molar-refractivity contribution in [3.05, 3.63) is 68.2 Å². The van der Waals surface area contributed by atoms with Crippen LogP contribution in [0.4, 0.5) is 0 Å². The Labute approximate surface area is 181 Å². The van der Waals surface area contributed by atoms with Gasteiger partial charge in [0, 0.05) is 27.8 Å². The van der Waals surface area contributed by atoms with Crippen molar-refractivity contribution < 1.29 is 14.7 Å². The van der Waals surface area contributed by atoms with E-state index in [1.807, 2.05) is 66.7 Å². The van der Waals surface area contributed by atoms with Gasteiger partial charge in [0.25, 0.3) is 0 Å². The summed E-state index contributed by atoms with van der Waals surface area (Å²) in [5, 5.41) is 11.0. The third kappa shape index (κ3) is 3.59. The monoisotopic (exact) mass is 454 g/mol. The summed E-state index contributed by atoms with van der Waals surface area (Å²) >= 11 is 3.42. The number of phenols is 1. The number of aromatic hydroxyl groups is 1. The quantitative estimate of drug-likeness (QED) is 0.536. The highest BCUT2D eigenvalue weighted by Crippen LogP contribution is 2.44. The fourth-order valence-electron chi connectivity index (χ4n) is 3.80. The van der Waals surface area contributed by atoms with Gasteiger partial charge in [-0.15, -0.1) is 0 Å². The summed E-state index contributed by atoms with van der Waals surface area (Å²) in [7, 11) is 0. The number of hydrogen-bond acceptors (Lipinski definition) is 3. The van der Waals surface area contributed by atoms with E-state index in [2.05, 4.69) is 15.9 Å². The number of carbonyl (C=O) groups excluding carboxylic acids is 2. The summed E-state index contributed by atoms with van der Waals surface area (Å²) < 4.78 is 0.273.